The molecular formula is C18H26N4O5S. The van der Waals surface area contributed by atoms with Crippen molar-refractivity contribution in [2.24, 2.45) is 4.99 Å². The van der Waals surface area contributed by atoms with Crippen molar-refractivity contribution in [3.8, 4) is 5.75 Å². The lowest BCUT2D eigenvalue weighted by atomic mass is 10.0. The van der Waals surface area contributed by atoms with Gasteiger partial charge < -0.3 is 30.9 Å². The van der Waals surface area contributed by atoms with Gasteiger partial charge >= 0.3 is 0 Å². The molecule has 1 atom stereocenters. The summed E-state index contributed by atoms with van der Waals surface area (Å²) in [5, 5.41) is 42.4. The van der Waals surface area contributed by atoms with Gasteiger partial charge in [-0.3, -0.25) is 10.3 Å². The molecule has 0 saturated carbocycles. The second-order valence-corrected chi connectivity index (χ2v) is 7.61. The van der Waals surface area contributed by atoms with E-state index >= 15 is 0 Å². The van der Waals surface area contributed by atoms with Gasteiger partial charge in [-0.2, -0.15) is 0 Å². The number of nitrogens with one attached hydrogen (secondary N) is 1. The van der Waals surface area contributed by atoms with E-state index in [9.17, 15) is 20.4 Å². The lowest BCUT2D eigenvalue weighted by Gasteiger charge is -2.32. The van der Waals surface area contributed by atoms with Gasteiger partial charge in [-0.1, -0.05) is 0 Å². The first kappa shape index (κ1) is 22.2. The van der Waals surface area contributed by atoms with Crippen molar-refractivity contribution < 1.29 is 25.2 Å². The number of aliphatic hydroxyl groups excluding tert-OH is 4. The Morgan fingerprint density at radius 1 is 1.32 bits per heavy atom. The average molecular weight is 410 g/mol. The fourth-order valence-electron chi connectivity index (χ4n) is 2.51. The number of benzene rings is 1. The Morgan fingerprint density at radius 2 is 2.00 bits per heavy atom. The lowest BCUT2D eigenvalue weighted by Crippen LogP contribution is -2.60. The quantitative estimate of drug-likeness (QED) is 0.177. The third-order valence-corrected chi connectivity index (χ3v) is 5.09. The largest absolute Gasteiger partial charge is 0.488 e. The number of aromatic nitrogens is 1. The first-order valence-corrected chi connectivity index (χ1v) is 9.38. The van der Waals surface area contributed by atoms with Crippen LogP contribution in [-0.2, 0) is 6.61 Å². The number of thiazole rings is 1. The third kappa shape index (κ3) is 5.25. The summed E-state index contributed by atoms with van der Waals surface area (Å²) in [6, 6.07) is 4.99. The third-order valence-electron chi connectivity index (χ3n) is 4.20. The van der Waals surface area contributed by atoms with Crippen LogP contribution in [-0.4, -0.2) is 69.8 Å². The molecule has 28 heavy (non-hydrogen) atoms. The monoisotopic (exact) mass is 410 g/mol. The average Bonchev–Trinajstić information content (AvgIpc) is 3.12. The minimum atomic E-state index is -1.47. The molecule has 0 aliphatic carbocycles. The number of ether oxygens (including phenoxy) is 1. The summed E-state index contributed by atoms with van der Waals surface area (Å²) in [4.78, 5) is 9.24. The van der Waals surface area contributed by atoms with Gasteiger partial charge in [0.2, 0.25) is 0 Å². The molecule has 1 unspecified atom stereocenters. The van der Waals surface area contributed by atoms with Gasteiger partial charge in [-0.05, 0) is 25.1 Å². The van der Waals surface area contributed by atoms with Crippen LogP contribution in [0.15, 0.2) is 29.4 Å². The number of anilines is 1. The Bertz CT molecular complexity index is 799. The maximum atomic E-state index is 10.5. The molecule has 2 aromatic rings. The van der Waals surface area contributed by atoms with Crippen LogP contribution in [0, 0.1) is 6.92 Å². The van der Waals surface area contributed by atoms with E-state index in [1.807, 2.05) is 6.92 Å². The highest BCUT2D eigenvalue weighted by atomic mass is 32.1. The normalized spacial score (nSPS) is 13.6. The smallest absolute Gasteiger partial charge is 0.148 e. The second kappa shape index (κ2) is 9.92. The van der Waals surface area contributed by atoms with Crippen LogP contribution in [0.4, 0.5) is 5.69 Å². The molecule has 154 valence electrons. The zero-order valence-electron chi connectivity index (χ0n) is 15.8. The second-order valence-electron chi connectivity index (χ2n) is 6.29. The van der Waals surface area contributed by atoms with E-state index in [-0.39, 0.29) is 5.71 Å². The number of nitrogens with zero attached hydrogens (tertiary/aromatic N) is 2. The van der Waals surface area contributed by atoms with E-state index in [0.717, 1.165) is 9.88 Å². The zero-order chi connectivity index (χ0) is 20.7. The van der Waals surface area contributed by atoms with Gasteiger partial charge in [0.15, 0.2) is 0 Å². The first-order valence-electron chi connectivity index (χ1n) is 8.57. The van der Waals surface area contributed by atoms with Gasteiger partial charge in [0.05, 0.1) is 41.0 Å². The fourth-order valence-corrected chi connectivity index (χ4v) is 3.22. The Hall–Kier alpha value is -2.08. The molecule has 0 amide bonds. The fraction of sp³-hybridized carbons (Fsp3) is 0.444. The van der Waals surface area contributed by atoms with Crippen molar-refractivity contribution in [2.75, 3.05) is 32.6 Å². The molecule has 10 heteroatoms. The van der Waals surface area contributed by atoms with E-state index in [1.54, 1.807) is 24.4 Å². The predicted octanol–water partition coefficient (Wildman–Crippen LogP) is -0.345. The Balaban J connectivity index is 2.20. The zero-order valence-corrected chi connectivity index (χ0v) is 16.6. The lowest BCUT2D eigenvalue weighted by molar-refractivity contribution is 0.0129. The van der Waals surface area contributed by atoms with Crippen LogP contribution in [0.3, 0.4) is 0 Å². The van der Waals surface area contributed by atoms with Crippen LogP contribution in [0.25, 0.3) is 0 Å². The molecule has 2 rings (SSSR count). The van der Waals surface area contributed by atoms with Crippen LogP contribution in [0.5, 0.6) is 5.75 Å². The van der Waals surface area contributed by atoms with Crippen molar-refractivity contribution in [3.63, 3.8) is 0 Å². The molecule has 1 aromatic carbocycles. The minimum Gasteiger partial charge on any atom is -0.488 e. The van der Waals surface area contributed by atoms with Crippen LogP contribution in [0.2, 0.25) is 0 Å². The Labute approximate surface area is 167 Å². The van der Waals surface area contributed by atoms with Crippen LogP contribution >= 0.6 is 11.3 Å². The molecule has 0 aliphatic rings. The maximum Gasteiger partial charge on any atom is 0.148 e. The number of rotatable bonds is 10. The van der Waals surface area contributed by atoms with E-state index in [1.165, 1.54) is 18.4 Å². The number of hydrogen-bond donors (Lipinski definition) is 6. The molecule has 0 radical (unpaired) electrons. The van der Waals surface area contributed by atoms with Gasteiger partial charge in [0.25, 0.3) is 0 Å². The first-order chi connectivity index (χ1) is 13.4. The van der Waals surface area contributed by atoms with Crippen molar-refractivity contribution in [3.05, 3.63) is 39.8 Å². The van der Waals surface area contributed by atoms with Crippen molar-refractivity contribution in [1.82, 2.24) is 10.3 Å². The van der Waals surface area contributed by atoms with Gasteiger partial charge in [-0.15, -0.1) is 11.3 Å². The van der Waals surface area contributed by atoms with Gasteiger partial charge in [0.1, 0.15) is 18.6 Å². The molecule has 9 nitrogen and oxygen atoms in total. The molecule has 1 aromatic heterocycles. The summed E-state index contributed by atoms with van der Waals surface area (Å²) in [6.45, 7) is 0.513. The highest BCUT2D eigenvalue weighted by molar-refractivity contribution is 7.11. The number of aliphatic hydroxyl groups is 4. The Morgan fingerprint density at radius 3 is 2.54 bits per heavy atom. The number of aryl methyl sites for hydroxylation is 1. The molecule has 0 spiro atoms. The number of nitrogens with two attached hydrogens (primary N) is 1. The Kier molecular flexibility index (Phi) is 7.87. The highest BCUT2D eigenvalue weighted by Crippen LogP contribution is 2.23. The summed E-state index contributed by atoms with van der Waals surface area (Å²) in [7, 11) is 1.48. The molecule has 7 N–H and O–H groups in total. The van der Waals surface area contributed by atoms with Crippen LogP contribution in [0.1, 0.15) is 15.4 Å². The van der Waals surface area contributed by atoms with E-state index < -0.39 is 31.6 Å². The summed E-state index contributed by atoms with van der Waals surface area (Å²) >= 11 is 1.54. The minimum absolute atomic E-state index is 0.177. The van der Waals surface area contributed by atoms with Gasteiger partial charge in [-0.25, -0.2) is 4.98 Å². The van der Waals surface area contributed by atoms with Crippen molar-refractivity contribution in [2.45, 2.75) is 25.3 Å². The molecule has 0 bridgehead atoms. The summed E-state index contributed by atoms with van der Waals surface area (Å²) in [6.07, 6.45) is 0.362. The highest BCUT2D eigenvalue weighted by Gasteiger charge is 2.32. The maximum absolute atomic E-state index is 10.5. The molecule has 0 fully saturated rings. The van der Waals surface area contributed by atoms with E-state index in [4.69, 9.17) is 10.5 Å². The molecule has 0 saturated heterocycles. The number of aliphatic imine (C=N–C) groups is 1. The summed E-state index contributed by atoms with van der Waals surface area (Å²) in [5.74, 6) is 0.529. The van der Waals surface area contributed by atoms with Crippen LogP contribution < -0.4 is 15.8 Å². The molecule has 0 aliphatic heterocycles. The van der Waals surface area contributed by atoms with Gasteiger partial charge in [0, 0.05) is 24.5 Å². The standard InChI is InChI=1S/C18H26N4O5S/c1-11-21-6-13(28-11)7-27-12-3-4-15(19)14(5-12)16(20-2)17(26)22-18(8-23,9-24)10-25/h3-6,17,22-26H,7-10,19H2,1-2H3. The number of nitrogen functional groups attached to an aromatic ring is 1. The number of hydrogen-bond acceptors (Lipinski definition) is 10. The molecular weight excluding hydrogens is 384 g/mol. The van der Waals surface area contributed by atoms with Crippen molar-refractivity contribution in [1.29, 1.82) is 0 Å². The summed E-state index contributed by atoms with van der Waals surface area (Å²) < 4.78 is 5.78. The summed E-state index contributed by atoms with van der Waals surface area (Å²) in [5.41, 5.74) is 5.55. The SMILES string of the molecule is CN=C(c1cc(OCc2cnc(C)s2)ccc1N)C(O)NC(CO)(CO)CO. The van der Waals surface area contributed by atoms with E-state index in [0.29, 0.717) is 23.6 Å². The van der Waals surface area contributed by atoms with E-state index in [2.05, 4.69) is 15.3 Å². The molecule has 1 heterocycles. The predicted molar refractivity (Wildman–Crippen MR) is 108 cm³/mol. The topological polar surface area (TPSA) is 153 Å². The van der Waals surface area contributed by atoms with Crippen molar-refractivity contribution >= 4 is 22.7 Å².